The van der Waals surface area contributed by atoms with E-state index in [-0.39, 0.29) is 12.4 Å². The summed E-state index contributed by atoms with van der Waals surface area (Å²) in [5, 5.41) is 0.862. The van der Waals surface area contributed by atoms with Crippen molar-refractivity contribution in [2.24, 2.45) is 0 Å². The van der Waals surface area contributed by atoms with Crippen LogP contribution in [0.3, 0.4) is 0 Å². The monoisotopic (exact) mass is 346 g/mol. The lowest BCUT2D eigenvalue weighted by Gasteiger charge is -2.04. The van der Waals surface area contributed by atoms with Crippen molar-refractivity contribution in [3.8, 4) is 0 Å². The first kappa shape index (κ1) is 16.9. The van der Waals surface area contributed by atoms with Gasteiger partial charge in [-0.15, -0.1) is 0 Å². The molecule has 1 aromatic heterocycles. The third-order valence-electron chi connectivity index (χ3n) is 3.17. The second-order valence-electron chi connectivity index (χ2n) is 4.93. The molecule has 1 aromatic carbocycles. The van der Waals surface area contributed by atoms with Gasteiger partial charge in [0.05, 0.1) is 18.6 Å². The van der Waals surface area contributed by atoms with Crippen molar-refractivity contribution in [3.05, 3.63) is 35.5 Å². The van der Waals surface area contributed by atoms with Crippen molar-refractivity contribution in [1.29, 1.82) is 0 Å². The lowest BCUT2D eigenvalue weighted by molar-refractivity contribution is 0.326. The van der Waals surface area contributed by atoms with Crippen LogP contribution in [-0.4, -0.2) is 41.7 Å². The van der Waals surface area contributed by atoms with Gasteiger partial charge in [0.2, 0.25) is 10.0 Å². The second-order valence-corrected chi connectivity index (χ2v) is 8.50. The van der Waals surface area contributed by atoms with Crippen LogP contribution in [0, 0.1) is 0 Å². The Balaban J connectivity index is 2.22. The normalized spacial score (nSPS) is 12.8. The molecule has 0 aliphatic carbocycles. The van der Waals surface area contributed by atoms with E-state index in [0.717, 1.165) is 22.7 Å². The number of hydrogen-bond donors (Lipinski definition) is 2. The van der Waals surface area contributed by atoms with Crippen molar-refractivity contribution in [2.45, 2.75) is 12.2 Å². The van der Waals surface area contributed by atoms with Crippen LogP contribution in [0.25, 0.3) is 10.9 Å². The largest absolute Gasteiger partial charge is 0.361 e. The van der Waals surface area contributed by atoms with Crippen molar-refractivity contribution in [3.63, 3.8) is 0 Å². The van der Waals surface area contributed by atoms with Crippen LogP contribution in [-0.2, 0) is 36.5 Å². The van der Waals surface area contributed by atoms with E-state index >= 15 is 0 Å². The van der Waals surface area contributed by atoms with E-state index in [0.29, 0.717) is 12.0 Å². The molecule has 7 nitrogen and oxygen atoms in total. The smallest absolute Gasteiger partial charge is 0.264 e. The number of hydrogen-bond acceptors (Lipinski definition) is 5. The Morgan fingerprint density at radius 3 is 2.59 bits per heavy atom. The number of rotatable bonds is 7. The molecule has 2 N–H and O–H groups in total. The average molecular weight is 346 g/mol. The minimum absolute atomic E-state index is 0.0465. The highest BCUT2D eigenvalue weighted by Crippen LogP contribution is 2.21. The van der Waals surface area contributed by atoms with E-state index in [1.54, 1.807) is 24.4 Å². The van der Waals surface area contributed by atoms with Gasteiger partial charge in [-0.1, -0.05) is 6.07 Å². The zero-order valence-electron chi connectivity index (χ0n) is 12.3. The third-order valence-corrected chi connectivity index (χ3v) is 5.10. The summed E-state index contributed by atoms with van der Waals surface area (Å²) >= 11 is 0. The number of nitrogens with one attached hydrogen (secondary N) is 2. The molecule has 0 aliphatic rings. The molecule has 9 heteroatoms. The number of aromatic nitrogens is 1. The van der Waals surface area contributed by atoms with E-state index in [9.17, 15) is 16.8 Å². The summed E-state index contributed by atoms with van der Waals surface area (Å²) < 4.78 is 52.1. The molecule has 0 atom stereocenters. The topological polar surface area (TPSA) is 105 Å². The number of aromatic amines is 1. The van der Waals surface area contributed by atoms with Gasteiger partial charge in [-0.05, 0) is 36.7 Å². The minimum atomic E-state index is -3.46. The molecule has 0 saturated heterocycles. The SMILES string of the molecule is CNS(=O)(=O)Cc1ccc2[nH]cc(CCOS(C)(=O)=O)c2c1. The molecule has 0 saturated carbocycles. The van der Waals surface area contributed by atoms with E-state index in [2.05, 4.69) is 9.71 Å². The first-order valence-electron chi connectivity index (χ1n) is 6.55. The number of sulfonamides is 1. The predicted octanol–water partition coefficient (Wildman–Crippen LogP) is 0.736. The van der Waals surface area contributed by atoms with E-state index in [4.69, 9.17) is 4.18 Å². The van der Waals surface area contributed by atoms with Gasteiger partial charge in [0, 0.05) is 17.1 Å². The molecule has 0 amide bonds. The third kappa shape index (κ3) is 4.54. The summed E-state index contributed by atoms with van der Waals surface area (Å²) in [6, 6.07) is 5.33. The first-order valence-corrected chi connectivity index (χ1v) is 10.0. The summed E-state index contributed by atoms with van der Waals surface area (Å²) in [5.74, 6) is -0.107. The summed E-state index contributed by atoms with van der Waals surface area (Å²) in [5.41, 5.74) is 2.40. The molecule has 2 rings (SSSR count). The Morgan fingerprint density at radius 1 is 1.23 bits per heavy atom. The highest BCUT2D eigenvalue weighted by molar-refractivity contribution is 7.88. The van der Waals surface area contributed by atoms with Crippen LogP contribution in [0.5, 0.6) is 0 Å². The Labute approximate surface area is 129 Å². The highest BCUT2D eigenvalue weighted by Gasteiger charge is 2.11. The molecule has 0 aliphatic heterocycles. The van der Waals surface area contributed by atoms with Crippen LogP contribution >= 0.6 is 0 Å². The molecule has 22 heavy (non-hydrogen) atoms. The molecule has 0 spiro atoms. The quantitative estimate of drug-likeness (QED) is 0.719. The maximum Gasteiger partial charge on any atom is 0.264 e. The summed E-state index contributed by atoms with van der Waals surface area (Å²) in [4.78, 5) is 3.07. The lowest BCUT2D eigenvalue weighted by Crippen LogP contribution is -2.20. The summed E-state index contributed by atoms with van der Waals surface area (Å²) in [7, 11) is -5.43. The van der Waals surface area contributed by atoms with E-state index in [1.165, 1.54) is 7.05 Å². The minimum Gasteiger partial charge on any atom is -0.361 e. The molecule has 122 valence electrons. The van der Waals surface area contributed by atoms with Crippen LogP contribution in [0.4, 0.5) is 0 Å². The second kappa shape index (κ2) is 6.37. The van der Waals surface area contributed by atoms with Gasteiger partial charge in [-0.3, -0.25) is 4.18 Å². The van der Waals surface area contributed by atoms with Crippen LogP contribution in [0.2, 0.25) is 0 Å². The number of benzene rings is 1. The van der Waals surface area contributed by atoms with Gasteiger partial charge < -0.3 is 4.98 Å². The fourth-order valence-electron chi connectivity index (χ4n) is 2.12. The van der Waals surface area contributed by atoms with Gasteiger partial charge >= 0.3 is 0 Å². The van der Waals surface area contributed by atoms with Crippen molar-refractivity contribution >= 4 is 31.0 Å². The zero-order valence-corrected chi connectivity index (χ0v) is 13.9. The van der Waals surface area contributed by atoms with Gasteiger partial charge in [0.25, 0.3) is 10.1 Å². The van der Waals surface area contributed by atoms with Crippen molar-refractivity contribution in [2.75, 3.05) is 19.9 Å². The van der Waals surface area contributed by atoms with Gasteiger partial charge in [-0.25, -0.2) is 13.1 Å². The number of H-pyrrole nitrogens is 1. The Kier molecular flexibility index (Phi) is 4.90. The Hall–Kier alpha value is -1.42. The maximum atomic E-state index is 11.6. The summed E-state index contributed by atoms with van der Waals surface area (Å²) in [6.07, 6.45) is 3.19. The molecule has 2 aromatic rings. The standard InChI is InChI=1S/C13H18N2O5S2/c1-14-22(18,19)9-10-3-4-13-12(7-10)11(8-15-13)5-6-20-21(2,16)17/h3-4,7-8,14-15H,5-6,9H2,1-2H3. The van der Waals surface area contributed by atoms with Crippen LogP contribution < -0.4 is 4.72 Å². The number of fused-ring (bicyclic) bond motifs is 1. The fraction of sp³-hybridized carbons (Fsp3) is 0.385. The zero-order chi connectivity index (χ0) is 16.4. The Bertz CT molecular complexity index is 869. The molecular weight excluding hydrogens is 328 g/mol. The molecule has 0 bridgehead atoms. The molecular formula is C13H18N2O5S2. The average Bonchev–Trinajstić information content (AvgIpc) is 2.80. The molecule has 0 fully saturated rings. The van der Waals surface area contributed by atoms with Gasteiger partial charge in [0.1, 0.15) is 0 Å². The fourth-order valence-corrected chi connectivity index (χ4v) is 3.27. The van der Waals surface area contributed by atoms with Crippen LogP contribution in [0.1, 0.15) is 11.1 Å². The highest BCUT2D eigenvalue weighted by atomic mass is 32.2. The van der Waals surface area contributed by atoms with Crippen molar-refractivity contribution < 1.29 is 21.0 Å². The van der Waals surface area contributed by atoms with Crippen molar-refractivity contribution in [1.82, 2.24) is 9.71 Å². The van der Waals surface area contributed by atoms with Crippen LogP contribution in [0.15, 0.2) is 24.4 Å². The van der Waals surface area contributed by atoms with E-state index in [1.807, 2.05) is 0 Å². The molecule has 1 heterocycles. The molecule has 0 radical (unpaired) electrons. The Morgan fingerprint density at radius 2 is 1.95 bits per heavy atom. The van der Waals surface area contributed by atoms with E-state index < -0.39 is 20.1 Å². The maximum absolute atomic E-state index is 11.6. The van der Waals surface area contributed by atoms with Gasteiger partial charge in [0.15, 0.2) is 0 Å². The lowest BCUT2D eigenvalue weighted by atomic mass is 10.1. The summed E-state index contributed by atoms with van der Waals surface area (Å²) in [6.45, 7) is 0.0465. The molecule has 0 unspecified atom stereocenters. The van der Waals surface area contributed by atoms with Gasteiger partial charge in [-0.2, -0.15) is 8.42 Å². The first-order chi connectivity index (χ1) is 10.2. The predicted molar refractivity (Wildman–Crippen MR) is 84.5 cm³/mol.